The van der Waals surface area contributed by atoms with E-state index < -0.39 is 11.9 Å². The van der Waals surface area contributed by atoms with E-state index in [1.54, 1.807) is 41.3 Å². The minimum absolute atomic E-state index is 0.202. The van der Waals surface area contributed by atoms with E-state index in [1.165, 1.54) is 12.1 Å². The number of nitrogens with one attached hydrogen (secondary N) is 1. The summed E-state index contributed by atoms with van der Waals surface area (Å²) in [4.78, 5) is 15.4. The van der Waals surface area contributed by atoms with Crippen molar-refractivity contribution in [2.24, 2.45) is 0 Å². The smallest absolute Gasteiger partial charge is 0.250 e. The fourth-order valence-corrected chi connectivity index (χ4v) is 4.21. The number of rotatable bonds is 5. The predicted molar refractivity (Wildman–Crippen MR) is 117 cm³/mol. The Balaban J connectivity index is 1.69. The minimum Gasteiger partial charge on any atom is -0.368 e. The molecule has 6 heteroatoms. The molecule has 0 spiro atoms. The minimum atomic E-state index is -0.789. The molecule has 1 N–H and O–H groups in total. The second kappa shape index (κ2) is 8.96. The molecule has 1 aliphatic rings. The van der Waals surface area contributed by atoms with Gasteiger partial charge in [0.2, 0.25) is 5.91 Å². The summed E-state index contributed by atoms with van der Waals surface area (Å²) in [6.07, 6.45) is 1.48. The molecule has 3 aromatic carbocycles. The van der Waals surface area contributed by atoms with Gasteiger partial charge in [0.05, 0.1) is 11.7 Å². The van der Waals surface area contributed by atoms with E-state index in [1.807, 2.05) is 24.3 Å². The van der Waals surface area contributed by atoms with E-state index in [0.717, 1.165) is 10.9 Å². The summed E-state index contributed by atoms with van der Waals surface area (Å²) in [5.41, 5.74) is 1.48. The summed E-state index contributed by atoms with van der Waals surface area (Å²) in [7, 11) is 0. The number of carbonyl (C=O) groups is 1. The van der Waals surface area contributed by atoms with Crippen molar-refractivity contribution in [3.8, 4) is 0 Å². The number of para-hydroxylation sites is 1. The fraction of sp³-hybridized carbons (Fsp3) is 0.208. The van der Waals surface area contributed by atoms with Crippen LogP contribution in [0.3, 0.4) is 0 Å². The maximum atomic E-state index is 14.4. The standard InChI is InChI=1S/C24H21BrF2N2O/c25-17-13-11-16(12-14-17)23(28-21-9-4-3-8-20(21)27)24(30)29-15-5-10-22(29)18-6-1-2-7-19(18)26/h1-4,6-9,11-14,22-23,28H,5,10,15H2. The zero-order valence-corrected chi connectivity index (χ0v) is 17.8. The molecule has 30 heavy (non-hydrogen) atoms. The van der Waals surface area contributed by atoms with E-state index in [0.29, 0.717) is 24.1 Å². The van der Waals surface area contributed by atoms with Crippen LogP contribution in [0.5, 0.6) is 0 Å². The normalized spacial score (nSPS) is 17.0. The topological polar surface area (TPSA) is 32.3 Å². The Labute approximate surface area is 182 Å². The van der Waals surface area contributed by atoms with Gasteiger partial charge in [0.1, 0.15) is 17.7 Å². The van der Waals surface area contributed by atoms with Gasteiger partial charge in [0, 0.05) is 16.6 Å². The molecule has 1 amide bonds. The van der Waals surface area contributed by atoms with Gasteiger partial charge in [-0.15, -0.1) is 0 Å². The summed E-state index contributed by atoms with van der Waals surface area (Å²) in [6, 6.07) is 19.1. The lowest BCUT2D eigenvalue weighted by Crippen LogP contribution is -2.38. The third kappa shape index (κ3) is 4.24. The molecule has 1 aliphatic heterocycles. The highest BCUT2D eigenvalue weighted by molar-refractivity contribution is 9.10. The molecule has 4 rings (SSSR count). The Morgan fingerprint density at radius 1 is 0.967 bits per heavy atom. The quantitative estimate of drug-likeness (QED) is 0.478. The van der Waals surface area contributed by atoms with Crippen LogP contribution >= 0.6 is 15.9 Å². The number of amides is 1. The van der Waals surface area contributed by atoms with Gasteiger partial charge < -0.3 is 10.2 Å². The van der Waals surface area contributed by atoms with Crippen molar-refractivity contribution in [1.29, 1.82) is 0 Å². The molecule has 0 saturated carbocycles. The van der Waals surface area contributed by atoms with Gasteiger partial charge in [-0.3, -0.25) is 4.79 Å². The Bertz CT molecular complexity index is 1040. The molecule has 0 aromatic heterocycles. The Morgan fingerprint density at radius 3 is 2.33 bits per heavy atom. The molecule has 1 heterocycles. The molecule has 0 bridgehead atoms. The lowest BCUT2D eigenvalue weighted by Gasteiger charge is -2.30. The van der Waals surface area contributed by atoms with E-state index in [2.05, 4.69) is 21.2 Å². The van der Waals surface area contributed by atoms with Crippen LogP contribution in [0, 0.1) is 11.6 Å². The second-order valence-corrected chi connectivity index (χ2v) is 8.24. The van der Waals surface area contributed by atoms with Gasteiger partial charge in [-0.2, -0.15) is 0 Å². The highest BCUT2D eigenvalue weighted by Gasteiger charge is 2.36. The van der Waals surface area contributed by atoms with Crippen molar-refractivity contribution in [2.75, 3.05) is 11.9 Å². The first kappa shape index (κ1) is 20.5. The monoisotopic (exact) mass is 470 g/mol. The Morgan fingerprint density at radius 2 is 1.63 bits per heavy atom. The lowest BCUT2D eigenvalue weighted by atomic mass is 10.0. The first-order valence-corrected chi connectivity index (χ1v) is 10.7. The van der Waals surface area contributed by atoms with Crippen LogP contribution in [0.4, 0.5) is 14.5 Å². The molecule has 2 atom stereocenters. The van der Waals surface area contributed by atoms with Gasteiger partial charge >= 0.3 is 0 Å². The van der Waals surface area contributed by atoms with Crippen molar-refractivity contribution in [1.82, 2.24) is 4.90 Å². The number of carbonyl (C=O) groups excluding carboxylic acids is 1. The first-order chi connectivity index (χ1) is 14.5. The van der Waals surface area contributed by atoms with Gasteiger partial charge in [-0.1, -0.05) is 58.4 Å². The van der Waals surface area contributed by atoms with Crippen LogP contribution in [0.15, 0.2) is 77.3 Å². The molecular weight excluding hydrogens is 450 g/mol. The van der Waals surface area contributed by atoms with Gasteiger partial charge in [0.25, 0.3) is 0 Å². The molecule has 3 aromatic rings. The molecule has 154 valence electrons. The van der Waals surface area contributed by atoms with Gasteiger partial charge in [-0.25, -0.2) is 8.78 Å². The average molecular weight is 471 g/mol. The maximum absolute atomic E-state index is 14.4. The molecule has 0 radical (unpaired) electrons. The maximum Gasteiger partial charge on any atom is 0.250 e. The summed E-state index contributed by atoms with van der Waals surface area (Å²) in [5.74, 6) is -0.949. The predicted octanol–water partition coefficient (Wildman–Crippen LogP) is 6.24. The van der Waals surface area contributed by atoms with E-state index >= 15 is 0 Å². The number of anilines is 1. The van der Waals surface area contributed by atoms with Crippen LogP contribution in [0.1, 0.15) is 36.1 Å². The van der Waals surface area contributed by atoms with Gasteiger partial charge in [0.15, 0.2) is 0 Å². The average Bonchev–Trinajstić information content (AvgIpc) is 3.23. The second-order valence-electron chi connectivity index (χ2n) is 7.32. The van der Waals surface area contributed by atoms with Crippen molar-refractivity contribution < 1.29 is 13.6 Å². The number of halogens is 3. The van der Waals surface area contributed by atoms with Crippen LogP contribution in [0.2, 0.25) is 0 Å². The van der Waals surface area contributed by atoms with Crippen molar-refractivity contribution in [3.63, 3.8) is 0 Å². The molecule has 3 nitrogen and oxygen atoms in total. The highest BCUT2D eigenvalue weighted by Crippen LogP contribution is 2.36. The SMILES string of the molecule is O=C(C(Nc1ccccc1F)c1ccc(Br)cc1)N1CCCC1c1ccccc1F. The van der Waals surface area contributed by atoms with Crippen LogP contribution in [0.25, 0.3) is 0 Å². The van der Waals surface area contributed by atoms with E-state index in [9.17, 15) is 13.6 Å². The Kier molecular flexibility index (Phi) is 6.13. The number of hydrogen-bond acceptors (Lipinski definition) is 2. The summed E-state index contributed by atoms with van der Waals surface area (Å²) < 4.78 is 29.6. The molecular formula is C24H21BrF2N2O. The van der Waals surface area contributed by atoms with E-state index in [4.69, 9.17) is 0 Å². The summed E-state index contributed by atoms with van der Waals surface area (Å²) >= 11 is 3.41. The molecule has 2 unspecified atom stereocenters. The van der Waals surface area contributed by atoms with Crippen LogP contribution < -0.4 is 5.32 Å². The molecule has 1 fully saturated rings. The summed E-state index contributed by atoms with van der Waals surface area (Å²) in [5, 5.41) is 3.07. The third-order valence-electron chi connectivity index (χ3n) is 5.42. The zero-order valence-electron chi connectivity index (χ0n) is 16.2. The highest BCUT2D eigenvalue weighted by atomic mass is 79.9. The van der Waals surface area contributed by atoms with Crippen molar-refractivity contribution in [2.45, 2.75) is 24.9 Å². The number of likely N-dealkylation sites (tertiary alicyclic amines) is 1. The number of benzene rings is 3. The fourth-order valence-electron chi connectivity index (χ4n) is 3.94. The first-order valence-electron chi connectivity index (χ1n) is 9.86. The van der Waals surface area contributed by atoms with E-state index in [-0.39, 0.29) is 23.5 Å². The number of hydrogen-bond donors (Lipinski definition) is 1. The molecule has 1 saturated heterocycles. The van der Waals surface area contributed by atoms with Crippen LogP contribution in [-0.4, -0.2) is 17.4 Å². The zero-order chi connectivity index (χ0) is 21.1. The largest absolute Gasteiger partial charge is 0.368 e. The number of nitrogens with zero attached hydrogens (tertiary/aromatic N) is 1. The van der Waals surface area contributed by atoms with Crippen LogP contribution in [-0.2, 0) is 4.79 Å². The van der Waals surface area contributed by atoms with Crippen molar-refractivity contribution in [3.05, 3.63) is 100 Å². The summed E-state index contributed by atoms with van der Waals surface area (Å²) in [6.45, 7) is 0.532. The third-order valence-corrected chi connectivity index (χ3v) is 5.95. The Hall–Kier alpha value is -2.73. The van der Waals surface area contributed by atoms with Crippen molar-refractivity contribution >= 4 is 27.5 Å². The van der Waals surface area contributed by atoms with Gasteiger partial charge in [-0.05, 0) is 48.7 Å². The lowest BCUT2D eigenvalue weighted by molar-refractivity contribution is -0.133. The molecule has 0 aliphatic carbocycles.